The Hall–Kier alpha value is -3.09. The van der Waals surface area contributed by atoms with Crippen molar-refractivity contribution in [1.29, 1.82) is 0 Å². The first kappa shape index (κ1) is 23.1. The van der Waals surface area contributed by atoms with E-state index in [0.29, 0.717) is 40.9 Å². The van der Waals surface area contributed by atoms with Gasteiger partial charge in [-0.25, -0.2) is 9.79 Å². The van der Waals surface area contributed by atoms with Gasteiger partial charge in [-0.2, -0.15) is 0 Å². The second-order valence-electron chi connectivity index (χ2n) is 7.38. The number of hydrogen-bond donors (Lipinski definition) is 0. The quantitative estimate of drug-likeness (QED) is 0.253. The molecule has 3 aromatic carbocycles. The molecule has 33 heavy (non-hydrogen) atoms. The molecule has 0 radical (unpaired) electrons. The maximum Gasteiger partial charge on any atom is 0.363 e. The smallest absolute Gasteiger partial charge is 0.363 e. The van der Waals surface area contributed by atoms with Crippen LogP contribution in [0.1, 0.15) is 29.2 Å². The number of aryl methyl sites for hydroxylation is 1. The van der Waals surface area contributed by atoms with Crippen molar-refractivity contribution in [2.45, 2.75) is 20.5 Å². The lowest BCUT2D eigenvalue weighted by Gasteiger charge is -2.15. The molecule has 0 unspecified atom stereocenters. The van der Waals surface area contributed by atoms with Gasteiger partial charge in [0.05, 0.1) is 11.6 Å². The van der Waals surface area contributed by atoms with Gasteiger partial charge in [0.15, 0.2) is 17.2 Å². The number of cyclic esters (lactones) is 1. The maximum absolute atomic E-state index is 12.4. The minimum atomic E-state index is -0.526. The lowest BCUT2D eigenvalue weighted by atomic mass is 10.1. The minimum Gasteiger partial charge on any atom is -0.490 e. The molecule has 3 aromatic rings. The summed E-state index contributed by atoms with van der Waals surface area (Å²) in [5.74, 6) is 0.679. The van der Waals surface area contributed by atoms with Gasteiger partial charge in [-0.05, 0) is 67.4 Å². The van der Waals surface area contributed by atoms with Crippen LogP contribution in [0.3, 0.4) is 0 Å². The fourth-order valence-corrected chi connectivity index (χ4v) is 3.85. The van der Waals surface area contributed by atoms with Gasteiger partial charge in [0.25, 0.3) is 0 Å². The van der Waals surface area contributed by atoms with Gasteiger partial charge in [-0.3, -0.25) is 0 Å². The first-order valence-electron chi connectivity index (χ1n) is 10.4. The Morgan fingerprint density at radius 1 is 1.09 bits per heavy atom. The van der Waals surface area contributed by atoms with Gasteiger partial charge in [0.1, 0.15) is 6.61 Å². The van der Waals surface area contributed by atoms with E-state index < -0.39 is 5.97 Å². The molecule has 7 heteroatoms. The lowest BCUT2D eigenvalue weighted by molar-refractivity contribution is -0.129. The van der Waals surface area contributed by atoms with Gasteiger partial charge in [-0.1, -0.05) is 57.4 Å². The molecular weight excluding hydrogens is 506 g/mol. The Morgan fingerprint density at radius 3 is 2.61 bits per heavy atom. The van der Waals surface area contributed by atoms with Gasteiger partial charge in [0.2, 0.25) is 5.90 Å². The van der Waals surface area contributed by atoms with E-state index in [1.54, 1.807) is 18.2 Å². The zero-order chi connectivity index (χ0) is 23.4. The van der Waals surface area contributed by atoms with Crippen LogP contribution in [-0.2, 0) is 16.1 Å². The van der Waals surface area contributed by atoms with E-state index in [1.807, 2.05) is 56.3 Å². The highest BCUT2D eigenvalue weighted by Crippen LogP contribution is 2.38. The van der Waals surface area contributed by atoms with Crippen molar-refractivity contribution in [2.24, 2.45) is 4.99 Å². The second kappa shape index (κ2) is 10.2. The average molecular weight is 527 g/mol. The molecule has 5 nitrogen and oxygen atoms in total. The van der Waals surface area contributed by atoms with Gasteiger partial charge < -0.3 is 14.2 Å². The summed E-state index contributed by atoms with van der Waals surface area (Å²) in [6.07, 6.45) is 1.62. The molecule has 1 heterocycles. The predicted molar refractivity (Wildman–Crippen MR) is 133 cm³/mol. The molecule has 0 atom stereocenters. The van der Waals surface area contributed by atoms with Crippen LogP contribution < -0.4 is 9.47 Å². The number of esters is 1. The number of nitrogens with zero attached hydrogens (tertiary/aromatic N) is 1. The highest BCUT2D eigenvalue weighted by atomic mass is 79.9. The molecule has 0 bridgehead atoms. The normalized spacial score (nSPS) is 14.2. The Bertz CT molecular complexity index is 1250. The van der Waals surface area contributed by atoms with E-state index in [0.717, 1.165) is 15.6 Å². The first-order valence-corrected chi connectivity index (χ1v) is 11.5. The molecule has 0 saturated carbocycles. The van der Waals surface area contributed by atoms with Crippen molar-refractivity contribution >= 4 is 45.5 Å². The Kier molecular flexibility index (Phi) is 7.16. The Morgan fingerprint density at radius 2 is 1.88 bits per heavy atom. The van der Waals surface area contributed by atoms with E-state index in [1.165, 1.54) is 0 Å². The molecule has 0 aromatic heterocycles. The minimum absolute atomic E-state index is 0.180. The summed E-state index contributed by atoms with van der Waals surface area (Å²) in [7, 11) is 0. The molecule has 4 rings (SSSR count). The van der Waals surface area contributed by atoms with E-state index in [-0.39, 0.29) is 11.6 Å². The summed E-state index contributed by atoms with van der Waals surface area (Å²) in [5.41, 5.74) is 3.73. The van der Waals surface area contributed by atoms with Crippen LogP contribution in [0.2, 0.25) is 5.02 Å². The van der Waals surface area contributed by atoms with Crippen molar-refractivity contribution in [3.63, 3.8) is 0 Å². The number of halogens is 2. The molecule has 0 saturated heterocycles. The van der Waals surface area contributed by atoms with E-state index in [2.05, 4.69) is 27.0 Å². The zero-order valence-corrected chi connectivity index (χ0v) is 20.4. The predicted octanol–water partition coefficient (Wildman–Crippen LogP) is 6.73. The van der Waals surface area contributed by atoms with Crippen LogP contribution in [0.5, 0.6) is 11.5 Å². The molecule has 0 amide bonds. The summed E-state index contributed by atoms with van der Waals surface area (Å²) >= 11 is 9.93. The van der Waals surface area contributed by atoms with Crippen molar-refractivity contribution in [3.8, 4) is 11.5 Å². The topological polar surface area (TPSA) is 57.1 Å². The molecule has 0 fully saturated rings. The maximum atomic E-state index is 12.4. The molecule has 0 N–H and O–H groups in total. The first-order chi connectivity index (χ1) is 15.9. The number of aliphatic imine (C=N–C) groups is 1. The van der Waals surface area contributed by atoms with E-state index in [9.17, 15) is 4.79 Å². The van der Waals surface area contributed by atoms with Crippen molar-refractivity contribution in [1.82, 2.24) is 0 Å². The summed E-state index contributed by atoms with van der Waals surface area (Å²) in [4.78, 5) is 16.7. The van der Waals surface area contributed by atoms with Crippen LogP contribution >= 0.6 is 27.5 Å². The fourth-order valence-electron chi connectivity index (χ4n) is 3.31. The third kappa shape index (κ3) is 5.64. The third-order valence-electron chi connectivity index (χ3n) is 4.81. The highest BCUT2D eigenvalue weighted by Gasteiger charge is 2.24. The Labute approximate surface area is 205 Å². The zero-order valence-electron chi connectivity index (χ0n) is 18.1. The summed E-state index contributed by atoms with van der Waals surface area (Å²) in [5, 5.41) is 0.379. The standard InChI is InChI=1S/C26H21BrClNO4/c1-3-31-23-14-18(12-21(28)24(23)32-15-17-6-4-5-16(2)11-17)13-22-26(30)33-25(29-22)19-7-9-20(27)10-8-19/h4-14H,3,15H2,1-2H3/b22-13-. The molecule has 0 aliphatic carbocycles. The van der Waals surface area contributed by atoms with Crippen LogP contribution in [0.15, 0.2) is 75.8 Å². The summed E-state index contributed by atoms with van der Waals surface area (Å²) in [6.45, 7) is 4.70. The number of carbonyl (C=O) groups is 1. The van der Waals surface area contributed by atoms with Crippen LogP contribution in [0.4, 0.5) is 0 Å². The number of benzene rings is 3. The van der Waals surface area contributed by atoms with Gasteiger partial charge in [0, 0.05) is 10.0 Å². The molecule has 1 aliphatic heterocycles. The van der Waals surface area contributed by atoms with Crippen LogP contribution in [-0.4, -0.2) is 18.5 Å². The lowest BCUT2D eigenvalue weighted by Crippen LogP contribution is -2.05. The SMILES string of the molecule is CCOc1cc(/C=C2\N=C(c3ccc(Br)cc3)OC2=O)cc(Cl)c1OCc1cccc(C)c1. The summed E-state index contributed by atoms with van der Waals surface area (Å²) < 4.78 is 18.0. The van der Waals surface area contributed by atoms with Crippen LogP contribution in [0.25, 0.3) is 6.08 Å². The molecule has 0 spiro atoms. The highest BCUT2D eigenvalue weighted by molar-refractivity contribution is 9.10. The number of rotatable bonds is 7. The van der Waals surface area contributed by atoms with Crippen molar-refractivity contribution in [3.05, 3.63) is 98.1 Å². The van der Waals surface area contributed by atoms with E-state index >= 15 is 0 Å². The van der Waals surface area contributed by atoms with E-state index in [4.69, 9.17) is 25.8 Å². The Balaban J connectivity index is 1.61. The number of carbonyl (C=O) groups excluding carboxylic acids is 1. The molecular formula is C26H21BrClNO4. The van der Waals surface area contributed by atoms with Crippen molar-refractivity contribution in [2.75, 3.05) is 6.61 Å². The van der Waals surface area contributed by atoms with Crippen molar-refractivity contribution < 1.29 is 19.0 Å². The van der Waals surface area contributed by atoms with Crippen LogP contribution in [0, 0.1) is 6.92 Å². The number of hydrogen-bond acceptors (Lipinski definition) is 5. The average Bonchev–Trinajstić information content (AvgIpc) is 3.14. The fraction of sp³-hybridized carbons (Fsp3) is 0.154. The number of ether oxygens (including phenoxy) is 3. The molecule has 168 valence electrons. The monoisotopic (exact) mass is 525 g/mol. The largest absolute Gasteiger partial charge is 0.490 e. The molecule has 1 aliphatic rings. The second-order valence-corrected chi connectivity index (χ2v) is 8.71. The van der Waals surface area contributed by atoms with Gasteiger partial charge in [-0.15, -0.1) is 0 Å². The third-order valence-corrected chi connectivity index (χ3v) is 5.62. The summed E-state index contributed by atoms with van der Waals surface area (Å²) in [6, 6.07) is 18.9. The van der Waals surface area contributed by atoms with Gasteiger partial charge >= 0.3 is 5.97 Å².